The Balaban J connectivity index is 0.00000240. The fourth-order valence-corrected chi connectivity index (χ4v) is 3.95. The molecule has 0 fully saturated rings. The number of para-hydroxylation sites is 1. The van der Waals surface area contributed by atoms with Crippen LogP contribution in [0.2, 0.25) is 0 Å². The standard InChI is InChI=1S/C20H19N5O2S.ClH/c1-14-12-20(25-19(21-14)13-15(2)23-25)22-16-8-10-18(11-9-16)28(26,27)24-17-6-4-3-5-7-17;/h3-13,22,24H,1-2H3;1H. The summed E-state index contributed by atoms with van der Waals surface area (Å²) in [5, 5.41) is 7.71. The molecule has 0 aliphatic heterocycles. The van der Waals surface area contributed by atoms with Gasteiger partial charge < -0.3 is 5.32 Å². The van der Waals surface area contributed by atoms with E-state index in [2.05, 4.69) is 20.1 Å². The van der Waals surface area contributed by atoms with E-state index in [9.17, 15) is 8.42 Å². The lowest BCUT2D eigenvalue weighted by Gasteiger charge is -2.11. The molecule has 29 heavy (non-hydrogen) atoms. The minimum atomic E-state index is -3.65. The number of nitrogens with one attached hydrogen (secondary N) is 2. The first kappa shape index (κ1) is 20.6. The molecule has 0 bridgehead atoms. The van der Waals surface area contributed by atoms with E-state index in [0.717, 1.165) is 28.5 Å². The number of nitrogens with zero attached hydrogens (tertiary/aromatic N) is 3. The van der Waals surface area contributed by atoms with Gasteiger partial charge >= 0.3 is 0 Å². The maximum atomic E-state index is 12.5. The van der Waals surface area contributed by atoms with Gasteiger partial charge in [-0.05, 0) is 50.2 Å². The Kier molecular flexibility index (Phi) is 5.76. The number of sulfonamides is 1. The number of rotatable bonds is 5. The van der Waals surface area contributed by atoms with Crippen molar-refractivity contribution in [3.8, 4) is 0 Å². The summed E-state index contributed by atoms with van der Waals surface area (Å²) < 4.78 is 29.4. The van der Waals surface area contributed by atoms with Crippen LogP contribution in [0.3, 0.4) is 0 Å². The Hall–Kier alpha value is -3.10. The van der Waals surface area contributed by atoms with E-state index in [1.807, 2.05) is 32.0 Å². The van der Waals surface area contributed by atoms with Crippen LogP contribution >= 0.6 is 12.4 Å². The molecule has 0 radical (unpaired) electrons. The third-order valence-electron chi connectivity index (χ3n) is 4.14. The molecule has 2 N–H and O–H groups in total. The van der Waals surface area contributed by atoms with Crippen molar-refractivity contribution in [2.24, 2.45) is 0 Å². The lowest BCUT2D eigenvalue weighted by molar-refractivity contribution is 0.601. The number of hydrogen-bond donors (Lipinski definition) is 2. The predicted molar refractivity (Wildman–Crippen MR) is 117 cm³/mol. The zero-order valence-corrected chi connectivity index (χ0v) is 17.5. The summed E-state index contributed by atoms with van der Waals surface area (Å²) in [7, 11) is -3.65. The van der Waals surface area contributed by atoms with Crippen molar-refractivity contribution < 1.29 is 8.42 Å². The molecule has 0 spiro atoms. The molecule has 0 amide bonds. The first-order valence-corrected chi connectivity index (χ1v) is 10.2. The maximum Gasteiger partial charge on any atom is 0.261 e. The molecule has 0 unspecified atom stereocenters. The van der Waals surface area contributed by atoms with E-state index >= 15 is 0 Å². The van der Waals surface area contributed by atoms with Crippen molar-refractivity contribution in [2.75, 3.05) is 10.0 Å². The molecule has 150 valence electrons. The number of halogens is 1. The summed E-state index contributed by atoms with van der Waals surface area (Å²) >= 11 is 0. The molecule has 0 aliphatic rings. The molecular formula is C20H20ClN5O2S. The van der Waals surface area contributed by atoms with Crippen molar-refractivity contribution >= 4 is 45.3 Å². The normalized spacial score (nSPS) is 11.1. The highest BCUT2D eigenvalue weighted by Crippen LogP contribution is 2.22. The highest BCUT2D eigenvalue weighted by atomic mass is 35.5. The van der Waals surface area contributed by atoms with Gasteiger partial charge in [-0.3, -0.25) is 4.72 Å². The summed E-state index contributed by atoms with van der Waals surface area (Å²) in [6.45, 7) is 3.83. The van der Waals surface area contributed by atoms with E-state index in [0.29, 0.717) is 5.69 Å². The van der Waals surface area contributed by atoms with E-state index in [-0.39, 0.29) is 17.3 Å². The van der Waals surface area contributed by atoms with Gasteiger partial charge in [0.05, 0.1) is 10.6 Å². The molecule has 2 aromatic heterocycles. The second-order valence-electron chi connectivity index (χ2n) is 6.46. The average Bonchev–Trinajstić information content (AvgIpc) is 3.03. The first-order valence-electron chi connectivity index (χ1n) is 8.70. The Bertz CT molecular complexity index is 1240. The Morgan fingerprint density at radius 3 is 2.24 bits per heavy atom. The lowest BCUT2D eigenvalue weighted by Crippen LogP contribution is -2.12. The zero-order valence-electron chi connectivity index (χ0n) is 15.8. The second-order valence-corrected chi connectivity index (χ2v) is 8.14. The Labute approximate surface area is 175 Å². The van der Waals surface area contributed by atoms with Gasteiger partial charge in [0.2, 0.25) is 0 Å². The number of hydrogen-bond acceptors (Lipinski definition) is 5. The maximum absolute atomic E-state index is 12.5. The van der Waals surface area contributed by atoms with Crippen LogP contribution in [0.4, 0.5) is 17.2 Å². The fourth-order valence-electron chi connectivity index (χ4n) is 2.89. The van der Waals surface area contributed by atoms with Gasteiger partial charge in [-0.25, -0.2) is 13.4 Å². The molecule has 4 rings (SSSR count). The van der Waals surface area contributed by atoms with E-state index in [1.165, 1.54) is 0 Å². The predicted octanol–water partition coefficient (Wildman–Crippen LogP) is 4.31. The second kappa shape index (κ2) is 8.10. The van der Waals surface area contributed by atoms with Crippen molar-refractivity contribution in [2.45, 2.75) is 18.7 Å². The van der Waals surface area contributed by atoms with Gasteiger partial charge in [-0.2, -0.15) is 9.61 Å². The topological polar surface area (TPSA) is 88.4 Å². The van der Waals surface area contributed by atoms with Crippen LogP contribution in [0.5, 0.6) is 0 Å². The monoisotopic (exact) mass is 429 g/mol. The molecule has 0 saturated carbocycles. The number of anilines is 3. The average molecular weight is 430 g/mol. The largest absolute Gasteiger partial charge is 0.340 e. The minimum absolute atomic E-state index is 0. The highest BCUT2D eigenvalue weighted by Gasteiger charge is 2.14. The van der Waals surface area contributed by atoms with Crippen LogP contribution in [0.15, 0.2) is 71.6 Å². The van der Waals surface area contributed by atoms with Crippen molar-refractivity contribution in [1.82, 2.24) is 14.6 Å². The molecule has 7 nitrogen and oxygen atoms in total. The highest BCUT2D eigenvalue weighted by molar-refractivity contribution is 7.92. The van der Waals surface area contributed by atoms with Gasteiger partial charge in [0.1, 0.15) is 5.82 Å². The van der Waals surface area contributed by atoms with Crippen molar-refractivity contribution in [1.29, 1.82) is 0 Å². The van der Waals surface area contributed by atoms with Gasteiger partial charge in [-0.1, -0.05) is 18.2 Å². The van der Waals surface area contributed by atoms with Crippen LogP contribution in [0.25, 0.3) is 5.65 Å². The van der Waals surface area contributed by atoms with Gasteiger partial charge in [0.15, 0.2) is 5.65 Å². The van der Waals surface area contributed by atoms with Crippen LogP contribution in [0.1, 0.15) is 11.4 Å². The molecule has 0 atom stereocenters. The van der Waals surface area contributed by atoms with E-state index < -0.39 is 10.0 Å². The van der Waals surface area contributed by atoms with E-state index in [1.54, 1.807) is 53.0 Å². The van der Waals surface area contributed by atoms with Gasteiger partial charge in [0, 0.05) is 29.2 Å². The van der Waals surface area contributed by atoms with E-state index in [4.69, 9.17) is 0 Å². The third-order valence-corrected chi connectivity index (χ3v) is 5.54. The first-order chi connectivity index (χ1) is 13.4. The Morgan fingerprint density at radius 2 is 1.55 bits per heavy atom. The van der Waals surface area contributed by atoms with Crippen LogP contribution in [-0.4, -0.2) is 23.0 Å². The summed E-state index contributed by atoms with van der Waals surface area (Å²) in [5.41, 5.74) is 3.76. The summed E-state index contributed by atoms with van der Waals surface area (Å²) in [6.07, 6.45) is 0. The number of aryl methyl sites for hydroxylation is 2. The molecular weight excluding hydrogens is 410 g/mol. The summed E-state index contributed by atoms with van der Waals surface area (Å²) in [5.74, 6) is 0.758. The molecule has 0 saturated heterocycles. The molecule has 9 heteroatoms. The summed E-state index contributed by atoms with van der Waals surface area (Å²) in [6, 6.07) is 19.2. The third kappa shape index (κ3) is 4.49. The zero-order chi connectivity index (χ0) is 19.7. The van der Waals surface area contributed by atoms with Crippen molar-refractivity contribution in [3.63, 3.8) is 0 Å². The summed E-state index contributed by atoms with van der Waals surface area (Å²) in [4.78, 5) is 4.65. The van der Waals surface area contributed by atoms with Crippen LogP contribution in [0, 0.1) is 13.8 Å². The SMILES string of the molecule is Cc1cc(Nc2ccc(S(=O)(=O)Nc3ccccc3)cc2)n2nc(C)cc2n1.Cl. The number of fused-ring (bicyclic) bond motifs is 1. The number of benzene rings is 2. The lowest BCUT2D eigenvalue weighted by atomic mass is 10.3. The smallest absolute Gasteiger partial charge is 0.261 e. The molecule has 0 aliphatic carbocycles. The van der Waals surface area contributed by atoms with Crippen LogP contribution in [-0.2, 0) is 10.0 Å². The van der Waals surface area contributed by atoms with Gasteiger partial charge in [-0.15, -0.1) is 12.4 Å². The van der Waals surface area contributed by atoms with Crippen molar-refractivity contribution in [3.05, 3.63) is 78.1 Å². The quantitative estimate of drug-likeness (QED) is 0.493. The molecule has 4 aromatic rings. The van der Waals surface area contributed by atoms with Gasteiger partial charge in [0.25, 0.3) is 10.0 Å². The van der Waals surface area contributed by atoms with Crippen LogP contribution < -0.4 is 10.0 Å². The molecule has 2 aromatic carbocycles. The Morgan fingerprint density at radius 1 is 0.862 bits per heavy atom. The number of aromatic nitrogens is 3. The fraction of sp³-hybridized carbons (Fsp3) is 0.100. The molecule has 2 heterocycles. The minimum Gasteiger partial charge on any atom is -0.340 e.